The summed E-state index contributed by atoms with van der Waals surface area (Å²) in [5.74, 6) is 0.639. The third kappa shape index (κ3) is 5.10. The average molecular weight is 418 g/mol. The van der Waals surface area contributed by atoms with Gasteiger partial charge in [0, 0.05) is 11.3 Å². The lowest BCUT2D eigenvalue weighted by molar-refractivity contribution is 0.102. The first-order valence-electron chi connectivity index (χ1n) is 9.16. The minimum atomic E-state index is -0.184. The van der Waals surface area contributed by atoms with Crippen LogP contribution in [-0.4, -0.2) is 16.1 Å². The average Bonchev–Trinajstić information content (AvgIpc) is 3.21. The molecule has 0 saturated heterocycles. The SMILES string of the molecule is Cc1ccc(CSc2nnc(NC(=O)c3ccc(-c4ccccc4)cc3)s2)cc1. The number of aromatic nitrogens is 2. The molecule has 0 saturated carbocycles. The van der Waals surface area contributed by atoms with Gasteiger partial charge in [0.2, 0.25) is 5.13 Å². The molecule has 0 spiro atoms. The summed E-state index contributed by atoms with van der Waals surface area (Å²) < 4.78 is 0.834. The Morgan fingerprint density at radius 2 is 1.59 bits per heavy atom. The number of nitrogens with zero attached hydrogens (tertiary/aromatic N) is 2. The van der Waals surface area contributed by atoms with Crippen molar-refractivity contribution in [3.8, 4) is 11.1 Å². The summed E-state index contributed by atoms with van der Waals surface area (Å²) in [7, 11) is 0. The number of nitrogens with one attached hydrogen (secondary N) is 1. The van der Waals surface area contributed by atoms with Crippen molar-refractivity contribution in [3.05, 3.63) is 95.6 Å². The van der Waals surface area contributed by atoms with E-state index in [9.17, 15) is 4.79 Å². The molecule has 0 aliphatic rings. The summed E-state index contributed by atoms with van der Waals surface area (Å²) in [6.07, 6.45) is 0. The molecule has 4 rings (SSSR count). The maximum atomic E-state index is 12.5. The summed E-state index contributed by atoms with van der Waals surface area (Å²) in [6.45, 7) is 2.08. The fourth-order valence-corrected chi connectivity index (χ4v) is 4.46. The van der Waals surface area contributed by atoms with Crippen molar-refractivity contribution in [1.82, 2.24) is 10.2 Å². The number of thioether (sulfide) groups is 1. The molecule has 4 nitrogen and oxygen atoms in total. The Morgan fingerprint density at radius 3 is 2.31 bits per heavy atom. The number of rotatable bonds is 6. The Morgan fingerprint density at radius 1 is 0.897 bits per heavy atom. The predicted molar refractivity (Wildman–Crippen MR) is 120 cm³/mol. The molecule has 0 radical (unpaired) electrons. The number of hydrogen-bond donors (Lipinski definition) is 1. The van der Waals surface area contributed by atoms with Crippen LogP contribution in [0.2, 0.25) is 0 Å². The van der Waals surface area contributed by atoms with Gasteiger partial charge in [-0.3, -0.25) is 10.1 Å². The largest absolute Gasteiger partial charge is 0.296 e. The first kappa shape index (κ1) is 19.4. The van der Waals surface area contributed by atoms with Gasteiger partial charge in [0.1, 0.15) is 0 Å². The molecule has 29 heavy (non-hydrogen) atoms. The van der Waals surface area contributed by atoms with Crippen molar-refractivity contribution < 1.29 is 4.79 Å². The maximum Gasteiger partial charge on any atom is 0.257 e. The summed E-state index contributed by atoms with van der Waals surface area (Å²) in [5, 5.41) is 11.6. The van der Waals surface area contributed by atoms with Crippen LogP contribution in [0, 0.1) is 6.92 Å². The van der Waals surface area contributed by atoms with Crippen LogP contribution in [0.3, 0.4) is 0 Å². The predicted octanol–water partition coefficient (Wildman–Crippen LogP) is 6.06. The number of aryl methyl sites for hydroxylation is 1. The third-order valence-electron chi connectivity index (χ3n) is 4.36. The van der Waals surface area contributed by atoms with Gasteiger partial charge >= 0.3 is 0 Å². The van der Waals surface area contributed by atoms with E-state index < -0.39 is 0 Å². The fraction of sp³-hybridized carbons (Fsp3) is 0.0870. The zero-order valence-corrected chi connectivity index (χ0v) is 17.5. The van der Waals surface area contributed by atoms with Gasteiger partial charge in [-0.25, -0.2) is 0 Å². The van der Waals surface area contributed by atoms with E-state index >= 15 is 0 Å². The van der Waals surface area contributed by atoms with E-state index in [1.807, 2.05) is 54.6 Å². The lowest BCUT2D eigenvalue weighted by Crippen LogP contribution is -2.11. The Kier molecular flexibility index (Phi) is 6.03. The van der Waals surface area contributed by atoms with Gasteiger partial charge in [0.25, 0.3) is 5.91 Å². The second-order valence-electron chi connectivity index (χ2n) is 6.54. The number of carbonyl (C=O) groups excluding carboxylic acids is 1. The van der Waals surface area contributed by atoms with Crippen molar-refractivity contribution in [2.24, 2.45) is 0 Å². The summed E-state index contributed by atoms with van der Waals surface area (Å²) >= 11 is 3.00. The Labute approximate surface area is 178 Å². The highest BCUT2D eigenvalue weighted by Gasteiger charge is 2.11. The maximum absolute atomic E-state index is 12.5. The summed E-state index contributed by atoms with van der Waals surface area (Å²) in [5.41, 5.74) is 5.27. The molecule has 1 amide bonds. The minimum absolute atomic E-state index is 0.184. The molecule has 0 aliphatic carbocycles. The second kappa shape index (κ2) is 9.03. The van der Waals surface area contributed by atoms with E-state index in [4.69, 9.17) is 0 Å². The van der Waals surface area contributed by atoms with Gasteiger partial charge in [-0.05, 0) is 35.7 Å². The molecule has 0 aliphatic heterocycles. The minimum Gasteiger partial charge on any atom is -0.296 e. The molecule has 0 bridgehead atoms. The molecular weight excluding hydrogens is 398 g/mol. The molecule has 3 aromatic carbocycles. The van der Waals surface area contributed by atoms with Crippen LogP contribution in [-0.2, 0) is 5.75 Å². The van der Waals surface area contributed by atoms with Crippen LogP contribution < -0.4 is 5.32 Å². The van der Waals surface area contributed by atoms with Crippen LogP contribution >= 0.6 is 23.1 Å². The molecule has 1 aromatic heterocycles. The number of carbonyl (C=O) groups is 1. The van der Waals surface area contributed by atoms with E-state index in [2.05, 4.69) is 46.7 Å². The van der Waals surface area contributed by atoms with E-state index in [-0.39, 0.29) is 5.91 Å². The van der Waals surface area contributed by atoms with Gasteiger partial charge in [-0.1, -0.05) is 95.4 Å². The fourth-order valence-electron chi connectivity index (χ4n) is 2.76. The normalized spacial score (nSPS) is 10.7. The number of anilines is 1. The van der Waals surface area contributed by atoms with Crippen LogP contribution in [0.15, 0.2) is 83.2 Å². The number of amides is 1. The lowest BCUT2D eigenvalue weighted by Gasteiger charge is -2.04. The molecule has 0 atom stereocenters. The molecule has 6 heteroatoms. The highest BCUT2D eigenvalue weighted by Crippen LogP contribution is 2.28. The van der Waals surface area contributed by atoms with Crippen LogP contribution in [0.25, 0.3) is 11.1 Å². The molecule has 0 fully saturated rings. The quantitative estimate of drug-likeness (QED) is 0.306. The second-order valence-corrected chi connectivity index (χ2v) is 8.74. The lowest BCUT2D eigenvalue weighted by atomic mass is 10.0. The van der Waals surface area contributed by atoms with Crippen LogP contribution in [0.4, 0.5) is 5.13 Å². The van der Waals surface area contributed by atoms with E-state index in [1.165, 1.54) is 22.5 Å². The first-order valence-corrected chi connectivity index (χ1v) is 11.0. The Hall–Kier alpha value is -2.96. The van der Waals surface area contributed by atoms with Crippen LogP contribution in [0.1, 0.15) is 21.5 Å². The highest BCUT2D eigenvalue weighted by atomic mass is 32.2. The smallest absolute Gasteiger partial charge is 0.257 e. The highest BCUT2D eigenvalue weighted by molar-refractivity contribution is 8.00. The summed E-state index contributed by atoms with van der Waals surface area (Å²) in [4.78, 5) is 12.5. The number of benzene rings is 3. The third-order valence-corrected chi connectivity index (χ3v) is 6.41. The van der Waals surface area contributed by atoms with Crippen molar-refractivity contribution in [1.29, 1.82) is 0 Å². The van der Waals surface area contributed by atoms with Gasteiger partial charge in [-0.15, -0.1) is 10.2 Å². The Bertz CT molecular complexity index is 1090. The zero-order valence-electron chi connectivity index (χ0n) is 15.8. The first-order chi connectivity index (χ1) is 14.2. The zero-order chi connectivity index (χ0) is 20.1. The van der Waals surface area contributed by atoms with E-state index in [0.29, 0.717) is 10.7 Å². The standard InChI is InChI=1S/C23H19N3OS2/c1-16-7-9-17(10-8-16)15-28-23-26-25-22(29-23)24-21(27)20-13-11-19(12-14-20)18-5-3-2-4-6-18/h2-14H,15H2,1H3,(H,24,25,27). The van der Waals surface area contributed by atoms with Crippen molar-refractivity contribution in [3.63, 3.8) is 0 Å². The molecular formula is C23H19N3OS2. The van der Waals surface area contributed by atoms with Crippen molar-refractivity contribution in [2.75, 3.05) is 5.32 Å². The monoisotopic (exact) mass is 417 g/mol. The Balaban J connectivity index is 1.35. The van der Waals surface area contributed by atoms with Crippen LogP contribution in [0.5, 0.6) is 0 Å². The topological polar surface area (TPSA) is 54.9 Å². The number of hydrogen-bond acceptors (Lipinski definition) is 5. The molecule has 0 unspecified atom stereocenters. The van der Waals surface area contributed by atoms with E-state index in [0.717, 1.165) is 21.2 Å². The molecule has 4 aromatic rings. The molecule has 1 heterocycles. The van der Waals surface area contributed by atoms with E-state index in [1.54, 1.807) is 11.8 Å². The summed E-state index contributed by atoms with van der Waals surface area (Å²) in [6, 6.07) is 26.1. The van der Waals surface area contributed by atoms with Gasteiger partial charge in [0.15, 0.2) is 4.34 Å². The van der Waals surface area contributed by atoms with Gasteiger partial charge < -0.3 is 0 Å². The van der Waals surface area contributed by atoms with Gasteiger partial charge in [0.05, 0.1) is 0 Å². The van der Waals surface area contributed by atoms with Crippen molar-refractivity contribution in [2.45, 2.75) is 17.0 Å². The molecule has 144 valence electrons. The van der Waals surface area contributed by atoms with Crippen molar-refractivity contribution >= 4 is 34.1 Å². The molecule has 1 N–H and O–H groups in total. The van der Waals surface area contributed by atoms with Gasteiger partial charge in [-0.2, -0.15) is 0 Å².